The summed E-state index contributed by atoms with van der Waals surface area (Å²) < 4.78 is 60.0. The number of para-hydroxylation sites is 1. The third-order valence-corrected chi connectivity index (χ3v) is 11.9. The number of esters is 2. The second-order valence-electron chi connectivity index (χ2n) is 14.6. The molecule has 2 aromatic heterocycles. The highest BCUT2D eigenvalue weighted by atomic mass is 31.2. The van der Waals surface area contributed by atoms with Crippen LogP contribution in [0.25, 0.3) is 11.2 Å². The van der Waals surface area contributed by atoms with Gasteiger partial charge in [-0.25, -0.2) is 9.55 Å². The van der Waals surface area contributed by atoms with Crippen molar-refractivity contribution in [2.24, 2.45) is 5.92 Å². The maximum atomic E-state index is 14.5. The molecule has 0 bridgehead atoms. The molecule has 314 valence electrons. The second-order valence-corrected chi connectivity index (χ2v) is 16.3. The van der Waals surface area contributed by atoms with Gasteiger partial charge in [0.1, 0.15) is 30.7 Å². The van der Waals surface area contributed by atoms with E-state index in [-0.39, 0.29) is 48.1 Å². The number of aromatic nitrogens is 4. The first-order valence-corrected chi connectivity index (χ1v) is 21.9. The maximum Gasteiger partial charge on any atom is 0.459 e. The molecule has 57 heavy (non-hydrogen) atoms. The fraction of sp³-hybridized carbons (Fsp3) is 0.634. The van der Waals surface area contributed by atoms with Crippen LogP contribution >= 0.6 is 7.75 Å². The van der Waals surface area contributed by atoms with Crippen molar-refractivity contribution in [3.63, 3.8) is 0 Å². The Balaban J connectivity index is 1.50. The van der Waals surface area contributed by atoms with E-state index in [0.29, 0.717) is 6.42 Å². The summed E-state index contributed by atoms with van der Waals surface area (Å²) in [5, 5.41) is 2.68. The molecule has 0 saturated carbocycles. The van der Waals surface area contributed by atoms with E-state index in [2.05, 4.69) is 32.9 Å². The van der Waals surface area contributed by atoms with E-state index in [1.807, 2.05) is 13.8 Å². The monoisotopic (exact) mass is 814 g/mol. The van der Waals surface area contributed by atoms with Crippen molar-refractivity contribution in [2.45, 2.75) is 148 Å². The molecule has 1 saturated heterocycles. The fourth-order valence-corrected chi connectivity index (χ4v) is 8.17. The molecule has 1 aromatic carbocycles. The van der Waals surface area contributed by atoms with Gasteiger partial charge in [-0.05, 0) is 31.4 Å². The van der Waals surface area contributed by atoms with Crippen LogP contribution in [0.15, 0.2) is 36.7 Å². The lowest BCUT2D eigenvalue weighted by atomic mass is 9.98. The number of benzene rings is 1. The van der Waals surface area contributed by atoms with Crippen LogP contribution in [-0.4, -0.2) is 62.4 Å². The summed E-state index contributed by atoms with van der Waals surface area (Å²) in [6, 6.07) is 7.14. The fourth-order valence-electron chi connectivity index (χ4n) is 6.65. The summed E-state index contributed by atoms with van der Waals surface area (Å²) in [5.74, 6) is 1.62. The van der Waals surface area contributed by atoms with Crippen LogP contribution < -0.4 is 15.3 Å². The zero-order valence-electron chi connectivity index (χ0n) is 33.8. The number of rotatable bonds is 26. The van der Waals surface area contributed by atoms with Crippen LogP contribution in [-0.2, 0) is 32.9 Å². The number of fused-ring (bicyclic) bond motifs is 1. The number of nitrogens with one attached hydrogen (secondary N) is 1. The summed E-state index contributed by atoms with van der Waals surface area (Å²) in [5.41, 5.74) is 4.24. The molecule has 0 unspecified atom stereocenters. The number of unbranched alkanes of at least 4 members (excludes halogenated alkanes) is 10. The molecule has 4 rings (SSSR count). The van der Waals surface area contributed by atoms with Gasteiger partial charge in [-0.3, -0.25) is 18.7 Å². The molecule has 1 aliphatic rings. The molecule has 0 amide bonds. The van der Waals surface area contributed by atoms with Gasteiger partial charge in [-0.2, -0.15) is 19.4 Å². The van der Waals surface area contributed by atoms with Gasteiger partial charge in [0.2, 0.25) is 0 Å². The molecule has 3 aromatic rings. The molecule has 16 heteroatoms. The smallest absolute Gasteiger partial charge is 0.459 e. The number of hydrogen-bond acceptors (Lipinski definition) is 12. The van der Waals surface area contributed by atoms with Gasteiger partial charge in [0.25, 0.3) is 0 Å². The average molecular weight is 815 g/mol. The Hall–Kier alpha value is -4.09. The molecular weight excluding hydrogens is 754 g/mol. The molecule has 0 radical (unpaired) electrons. The van der Waals surface area contributed by atoms with Crippen LogP contribution in [0.1, 0.15) is 130 Å². The Morgan fingerprint density at radius 2 is 1.70 bits per heavy atom. The quantitative estimate of drug-likeness (QED) is 0.0259. The van der Waals surface area contributed by atoms with E-state index in [1.165, 1.54) is 62.8 Å². The Bertz CT molecular complexity index is 1800. The number of hydrogen-bond donors (Lipinski definition) is 2. The van der Waals surface area contributed by atoms with Crippen molar-refractivity contribution in [3.8, 4) is 18.1 Å². The first-order valence-electron chi connectivity index (χ1n) is 20.4. The predicted octanol–water partition coefficient (Wildman–Crippen LogP) is 8.61. The van der Waals surface area contributed by atoms with Gasteiger partial charge in [-0.1, -0.05) is 122 Å². The van der Waals surface area contributed by atoms with Crippen LogP contribution in [0.3, 0.4) is 0 Å². The number of nitrogens with two attached hydrogens (primary N) is 1. The number of anilines is 1. The lowest BCUT2D eigenvalue weighted by Crippen LogP contribution is -2.45. The molecule has 3 N–H and O–H groups in total. The van der Waals surface area contributed by atoms with Crippen LogP contribution in [0.5, 0.6) is 5.75 Å². The molecule has 14 nitrogen and oxygen atoms in total. The maximum absolute atomic E-state index is 14.5. The van der Waals surface area contributed by atoms with E-state index < -0.39 is 56.3 Å². The van der Waals surface area contributed by atoms with Gasteiger partial charge < -0.3 is 24.5 Å². The van der Waals surface area contributed by atoms with Crippen molar-refractivity contribution in [1.29, 1.82) is 0 Å². The third kappa shape index (κ3) is 13.5. The minimum absolute atomic E-state index is 0.0232. The lowest BCUT2D eigenvalue weighted by molar-refractivity contribution is -0.158. The van der Waals surface area contributed by atoms with Gasteiger partial charge >= 0.3 is 25.8 Å². The first-order chi connectivity index (χ1) is 27.5. The molecule has 0 aliphatic carbocycles. The SMILES string of the molecule is C#C[C@]1(CO[P@@](=O)(N[C@@H](C)C(=O)OCC(CC)CC)Oc2ccccc2)O[C@@H](n2cnc3c(N)nc(F)nc32)C[C@@H]1OC(=O)CCCCCCCCCCCCC. The number of nitrogen functional groups attached to an aromatic ring is 1. The second kappa shape index (κ2) is 22.7. The zero-order chi connectivity index (χ0) is 41.3. The van der Waals surface area contributed by atoms with E-state index in [1.54, 1.807) is 30.3 Å². The predicted molar refractivity (Wildman–Crippen MR) is 215 cm³/mol. The highest BCUT2D eigenvalue weighted by Gasteiger charge is 2.53. The Morgan fingerprint density at radius 1 is 1.05 bits per heavy atom. The molecule has 0 spiro atoms. The standard InChI is InChI=1S/C41H60FN6O8P/c1-6-10-11-12-13-14-15-16-17-18-22-25-35(49)54-33-26-34(48-29-44-36-37(43)45-40(42)46-38(36)48)55-41(33,9-4)28-53-57(51,56-32-23-20-19-21-24-32)47-30(5)39(50)52-27-31(7-2)8-3/h4,19-21,23-24,29-31,33-34H,6-8,10-18,22,25-28H2,1-3,5H3,(H,47,51)(H2,43,45,46)/t30-,33-,34+,41+,57-/m0/s1. The van der Waals surface area contributed by atoms with Crippen molar-refractivity contribution in [3.05, 3.63) is 42.7 Å². The lowest BCUT2D eigenvalue weighted by Gasteiger charge is -2.31. The third-order valence-electron chi connectivity index (χ3n) is 10.3. The minimum atomic E-state index is -4.43. The Kier molecular flexibility index (Phi) is 18.2. The molecule has 5 atom stereocenters. The highest BCUT2D eigenvalue weighted by Crippen LogP contribution is 2.48. The Labute approximate surface area is 336 Å². The van der Waals surface area contributed by atoms with Crippen molar-refractivity contribution >= 4 is 36.7 Å². The largest absolute Gasteiger partial charge is 0.464 e. The normalized spacial score (nSPS) is 19.6. The first kappa shape index (κ1) is 45.6. The molecule has 3 heterocycles. The summed E-state index contributed by atoms with van der Waals surface area (Å²) in [6.45, 7) is 7.31. The number of halogens is 1. The molecular formula is C41H60FN6O8P. The van der Waals surface area contributed by atoms with Gasteiger partial charge in [-0.15, -0.1) is 6.42 Å². The van der Waals surface area contributed by atoms with E-state index in [0.717, 1.165) is 32.1 Å². The average Bonchev–Trinajstić information content (AvgIpc) is 3.78. The zero-order valence-corrected chi connectivity index (χ0v) is 34.7. The van der Waals surface area contributed by atoms with Crippen LogP contribution in [0.4, 0.5) is 10.2 Å². The molecule has 1 aliphatic heterocycles. The van der Waals surface area contributed by atoms with Crippen LogP contribution in [0.2, 0.25) is 0 Å². The summed E-state index contributed by atoms with van der Waals surface area (Å²) in [4.78, 5) is 38.0. The van der Waals surface area contributed by atoms with Gasteiger partial charge in [0.15, 0.2) is 22.6 Å². The number of nitrogens with zero attached hydrogens (tertiary/aromatic N) is 4. The summed E-state index contributed by atoms with van der Waals surface area (Å²) >= 11 is 0. The number of terminal acetylenes is 1. The van der Waals surface area contributed by atoms with Crippen molar-refractivity contribution < 1.29 is 41.8 Å². The number of carbonyl (C=O) groups is 2. The Morgan fingerprint density at radius 3 is 2.33 bits per heavy atom. The topological polar surface area (TPSA) is 179 Å². The van der Waals surface area contributed by atoms with Crippen LogP contribution in [0, 0.1) is 24.3 Å². The number of carbonyl (C=O) groups excluding carboxylic acids is 2. The minimum Gasteiger partial charge on any atom is -0.464 e. The van der Waals surface area contributed by atoms with Gasteiger partial charge in [0.05, 0.1) is 12.9 Å². The van der Waals surface area contributed by atoms with E-state index in [4.69, 9.17) is 35.4 Å². The van der Waals surface area contributed by atoms with Crippen molar-refractivity contribution in [1.82, 2.24) is 24.6 Å². The highest BCUT2D eigenvalue weighted by molar-refractivity contribution is 7.52. The van der Waals surface area contributed by atoms with Crippen molar-refractivity contribution in [2.75, 3.05) is 18.9 Å². The van der Waals surface area contributed by atoms with E-state index in [9.17, 15) is 18.5 Å². The van der Waals surface area contributed by atoms with Gasteiger partial charge in [0, 0.05) is 12.8 Å². The summed E-state index contributed by atoms with van der Waals surface area (Å²) in [7, 11) is -4.43. The number of ether oxygens (including phenoxy) is 3. The van der Waals surface area contributed by atoms with E-state index >= 15 is 0 Å². The number of imidazole rings is 1. The molecule has 1 fully saturated rings. The summed E-state index contributed by atoms with van der Waals surface area (Å²) in [6.07, 6.45) is 18.5.